The maximum Gasteiger partial charge on any atom is 0.217 e. The van der Waals surface area contributed by atoms with Crippen LogP contribution < -0.4 is 10.1 Å². The maximum atomic E-state index is 11.5. The number of aromatic nitrogens is 1. The molecule has 1 aromatic heterocycles. The number of aliphatic hydroxyl groups is 1. The van der Waals surface area contributed by atoms with Crippen LogP contribution in [0.1, 0.15) is 13.3 Å². The van der Waals surface area contributed by atoms with Crippen molar-refractivity contribution in [1.82, 2.24) is 15.2 Å². The molecule has 2 aliphatic rings. The van der Waals surface area contributed by atoms with Crippen LogP contribution in [0.5, 0.6) is 5.75 Å². The fourth-order valence-corrected chi connectivity index (χ4v) is 3.45. The molecule has 0 radical (unpaired) electrons. The lowest BCUT2D eigenvalue weighted by Gasteiger charge is -2.37. The standard InChI is InChI=1S/C16H23N3O4/c1-11(20)18-13-9-14(23-12-3-2-4-17-10-12)16(21)15(13)19-5-7-22-8-6-19/h2-4,10,13-16,21H,5-9H2,1H3,(H,18,20)/t13-,14-,15+,16+/m1/s1. The third-order valence-corrected chi connectivity index (χ3v) is 4.41. The molecular formula is C16H23N3O4. The summed E-state index contributed by atoms with van der Waals surface area (Å²) in [4.78, 5) is 17.7. The Morgan fingerprint density at radius 1 is 1.48 bits per heavy atom. The molecule has 3 rings (SSSR count). The van der Waals surface area contributed by atoms with Crippen LogP contribution in [-0.2, 0) is 9.53 Å². The van der Waals surface area contributed by atoms with Gasteiger partial charge in [0.15, 0.2) is 0 Å². The van der Waals surface area contributed by atoms with Gasteiger partial charge in [-0.1, -0.05) is 0 Å². The molecule has 1 aliphatic heterocycles. The molecule has 1 saturated heterocycles. The number of rotatable bonds is 4. The third kappa shape index (κ3) is 3.80. The smallest absolute Gasteiger partial charge is 0.217 e. The number of hydrogen-bond donors (Lipinski definition) is 2. The molecule has 1 saturated carbocycles. The molecule has 0 bridgehead atoms. The summed E-state index contributed by atoms with van der Waals surface area (Å²) < 4.78 is 11.3. The zero-order chi connectivity index (χ0) is 16.2. The summed E-state index contributed by atoms with van der Waals surface area (Å²) in [6, 6.07) is 3.31. The Kier molecular flexibility index (Phi) is 5.09. The zero-order valence-corrected chi connectivity index (χ0v) is 13.2. The average Bonchev–Trinajstić information content (AvgIpc) is 2.84. The Morgan fingerprint density at radius 3 is 2.91 bits per heavy atom. The van der Waals surface area contributed by atoms with E-state index in [1.54, 1.807) is 18.5 Å². The molecule has 126 valence electrons. The van der Waals surface area contributed by atoms with E-state index in [-0.39, 0.29) is 24.1 Å². The van der Waals surface area contributed by atoms with E-state index in [1.807, 2.05) is 6.07 Å². The second-order valence-corrected chi connectivity index (χ2v) is 6.02. The molecule has 0 aromatic carbocycles. The van der Waals surface area contributed by atoms with Crippen LogP contribution in [0.2, 0.25) is 0 Å². The maximum absolute atomic E-state index is 11.5. The second kappa shape index (κ2) is 7.25. The van der Waals surface area contributed by atoms with Gasteiger partial charge >= 0.3 is 0 Å². The first kappa shape index (κ1) is 16.2. The van der Waals surface area contributed by atoms with E-state index < -0.39 is 6.10 Å². The highest BCUT2D eigenvalue weighted by molar-refractivity contribution is 5.73. The molecule has 4 atom stereocenters. The van der Waals surface area contributed by atoms with Gasteiger partial charge in [-0.2, -0.15) is 0 Å². The van der Waals surface area contributed by atoms with Crippen molar-refractivity contribution in [3.05, 3.63) is 24.5 Å². The molecule has 7 nitrogen and oxygen atoms in total. The van der Waals surface area contributed by atoms with Crippen molar-refractivity contribution >= 4 is 5.91 Å². The van der Waals surface area contributed by atoms with Gasteiger partial charge in [0, 0.05) is 32.6 Å². The lowest BCUT2D eigenvalue weighted by molar-refractivity contribution is -0.120. The van der Waals surface area contributed by atoms with Crippen LogP contribution in [0.25, 0.3) is 0 Å². The van der Waals surface area contributed by atoms with Crippen molar-refractivity contribution in [3.8, 4) is 5.75 Å². The SMILES string of the molecule is CC(=O)N[C@@H]1C[C@@H](Oc2cccnc2)[C@H](O)[C@H]1N1CCOCC1. The van der Waals surface area contributed by atoms with Crippen LogP contribution in [0, 0.1) is 0 Å². The number of morpholine rings is 1. The fraction of sp³-hybridized carbons (Fsp3) is 0.625. The Balaban J connectivity index is 1.73. The van der Waals surface area contributed by atoms with Gasteiger partial charge < -0.3 is 19.9 Å². The molecule has 23 heavy (non-hydrogen) atoms. The minimum Gasteiger partial charge on any atom is -0.486 e. The minimum atomic E-state index is -0.676. The predicted octanol–water partition coefficient (Wildman–Crippen LogP) is -0.201. The van der Waals surface area contributed by atoms with Crippen LogP contribution >= 0.6 is 0 Å². The van der Waals surface area contributed by atoms with Gasteiger partial charge in [-0.25, -0.2) is 0 Å². The summed E-state index contributed by atoms with van der Waals surface area (Å²) in [7, 11) is 0. The van der Waals surface area contributed by atoms with Gasteiger partial charge in [0.2, 0.25) is 5.91 Å². The Hall–Kier alpha value is -1.70. The largest absolute Gasteiger partial charge is 0.486 e. The summed E-state index contributed by atoms with van der Waals surface area (Å²) in [6.07, 6.45) is 2.82. The summed E-state index contributed by atoms with van der Waals surface area (Å²) in [5.41, 5.74) is 0. The molecule has 1 aliphatic carbocycles. The average molecular weight is 321 g/mol. The number of nitrogens with zero attached hydrogens (tertiary/aromatic N) is 2. The molecule has 7 heteroatoms. The van der Waals surface area contributed by atoms with Crippen LogP contribution in [0.3, 0.4) is 0 Å². The number of ether oxygens (including phenoxy) is 2. The molecule has 1 aromatic rings. The van der Waals surface area contributed by atoms with Crippen molar-refractivity contribution in [2.24, 2.45) is 0 Å². The van der Waals surface area contributed by atoms with E-state index in [0.717, 1.165) is 13.1 Å². The van der Waals surface area contributed by atoms with E-state index in [1.165, 1.54) is 6.92 Å². The number of hydrogen-bond acceptors (Lipinski definition) is 6. The Labute approximate surface area is 135 Å². The van der Waals surface area contributed by atoms with Crippen molar-refractivity contribution in [1.29, 1.82) is 0 Å². The number of carbonyl (C=O) groups excluding carboxylic acids is 1. The van der Waals surface area contributed by atoms with Crippen molar-refractivity contribution < 1.29 is 19.4 Å². The number of pyridine rings is 1. The molecule has 2 heterocycles. The molecule has 2 fully saturated rings. The molecule has 0 spiro atoms. The number of carbonyl (C=O) groups is 1. The first-order valence-electron chi connectivity index (χ1n) is 7.99. The lowest BCUT2D eigenvalue weighted by atomic mass is 10.1. The fourth-order valence-electron chi connectivity index (χ4n) is 3.45. The monoisotopic (exact) mass is 321 g/mol. The highest BCUT2D eigenvalue weighted by Crippen LogP contribution is 2.29. The molecule has 0 unspecified atom stereocenters. The van der Waals surface area contributed by atoms with Gasteiger partial charge in [-0.05, 0) is 12.1 Å². The highest BCUT2D eigenvalue weighted by atomic mass is 16.5. The summed E-state index contributed by atoms with van der Waals surface area (Å²) >= 11 is 0. The van der Waals surface area contributed by atoms with Crippen LogP contribution in [0.4, 0.5) is 0 Å². The summed E-state index contributed by atoms with van der Waals surface area (Å²) in [5, 5.41) is 13.7. The highest BCUT2D eigenvalue weighted by Gasteiger charge is 2.47. The van der Waals surface area contributed by atoms with Gasteiger partial charge in [-0.3, -0.25) is 14.7 Å². The van der Waals surface area contributed by atoms with Gasteiger partial charge in [0.05, 0.1) is 31.5 Å². The van der Waals surface area contributed by atoms with Crippen LogP contribution in [0.15, 0.2) is 24.5 Å². The first-order chi connectivity index (χ1) is 11.1. The third-order valence-electron chi connectivity index (χ3n) is 4.41. The van der Waals surface area contributed by atoms with Gasteiger partial charge in [0.25, 0.3) is 0 Å². The zero-order valence-electron chi connectivity index (χ0n) is 13.2. The van der Waals surface area contributed by atoms with Crippen molar-refractivity contribution in [3.63, 3.8) is 0 Å². The van der Waals surface area contributed by atoms with Crippen molar-refractivity contribution in [2.45, 2.75) is 37.6 Å². The van der Waals surface area contributed by atoms with Crippen molar-refractivity contribution in [2.75, 3.05) is 26.3 Å². The Bertz CT molecular complexity index is 521. The molecule has 2 N–H and O–H groups in total. The van der Waals surface area contributed by atoms with E-state index in [0.29, 0.717) is 25.4 Å². The van der Waals surface area contributed by atoms with E-state index in [2.05, 4.69) is 15.2 Å². The number of aliphatic hydroxyl groups excluding tert-OH is 1. The van der Waals surface area contributed by atoms with Gasteiger partial charge in [-0.15, -0.1) is 0 Å². The number of nitrogens with one attached hydrogen (secondary N) is 1. The minimum absolute atomic E-state index is 0.0949. The summed E-state index contributed by atoms with van der Waals surface area (Å²) in [5.74, 6) is 0.531. The lowest BCUT2D eigenvalue weighted by Crippen LogP contribution is -2.56. The van der Waals surface area contributed by atoms with E-state index in [4.69, 9.17) is 9.47 Å². The molecule has 1 amide bonds. The topological polar surface area (TPSA) is 83.9 Å². The Morgan fingerprint density at radius 2 is 2.26 bits per heavy atom. The first-order valence-corrected chi connectivity index (χ1v) is 7.99. The predicted molar refractivity (Wildman–Crippen MR) is 83.1 cm³/mol. The van der Waals surface area contributed by atoms with Gasteiger partial charge in [0.1, 0.15) is 18.0 Å². The van der Waals surface area contributed by atoms with E-state index in [9.17, 15) is 9.90 Å². The quantitative estimate of drug-likeness (QED) is 0.799. The summed E-state index contributed by atoms with van der Waals surface area (Å²) in [6.45, 7) is 4.28. The normalized spacial score (nSPS) is 31.7. The second-order valence-electron chi connectivity index (χ2n) is 6.02. The molecular weight excluding hydrogens is 298 g/mol. The van der Waals surface area contributed by atoms with E-state index >= 15 is 0 Å². The van der Waals surface area contributed by atoms with Crippen LogP contribution in [-0.4, -0.2) is 71.5 Å². The number of amides is 1.